The summed E-state index contributed by atoms with van der Waals surface area (Å²) in [5.74, 6) is -1.24. The number of ether oxygens (including phenoxy) is 1. The van der Waals surface area contributed by atoms with Gasteiger partial charge in [0.05, 0.1) is 11.4 Å². The van der Waals surface area contributed by atoms with Gasteiger partial charge in [0, 0.05) is 42.6 Å². The van der Waals surface area contributed by atoms with Crippen molar-refractivity contribution in [2.45, 2.75) is 77.7 Å². The van der Waals surface area contributed by atoms with E-state index in [1.807, 2.05) is 13.0 Å². The summed E-state index contributed by atoms with van der Waals surface area (Å²) >= 11 is 2.85. The number of carbonyl (C=O) groups is 1. The minimum Gasteiger partial charge on any atom is -0.464 e. The van der Waals surface area contributed by atoms with Gasteiger partial charge in [-0.25, -0.2) is 13.8 Å². The standard InChI is InChI=1S/C24H33F2N3O2S2/c1-16-11-20(33-28-16)13-19(30)12-18-5-3-17(4-6-18)7-9-29-10-8-22-21(14-29)27-23(32-22)31-15-24(2,25)26/h11,17-18H,3-10,12-15H2,1-2H3. The van der Waals surface area contributed by atoms with Crippen LogP contribution in [0.5, 0.6) is 5.19 Å². The van der Waals surface area contributed by atoms with Crippen molar-refractivity contribution in [3.05, 3.63) is 27.2 Å². The van der Waals surface area contributed by atoms with Gasteiger partial charge < -0.3 is 4.74 Å². The zero-order valence-corrected chi connectivity index (χ0v) is 21.1. The molecule has 2 aromatic rings. The Bertz CT molecular complexity index is 933. The SMILES string of the molecule is Cc1cc(CC(=O)CC2CCC(CCN3CCc4sc(OCC(C)(F)F)nc4C3)CC2)sn1. The molecule has 5 nitrogen and oxygen atoms in total. The highest BCUT2D eigenvalue weighted by Crippen LogP contribution is 2.34. The molecule has 1 aliphatic heterocycles. The molecule has 1 fully saturated rings. The van der Waals surface area contributed by atoms with Crippen LogP contribution in [0.4, 0.5) is 8.78 Å². The van der Waals surface area contributed by atoms with Crippen LogP contribution in [0.15, 0.2) is 6.07 Å². The summed E-state index contributed by atoms with van der Waals surface area (Å²) in [5, 5.41) is 0.363. The van der Waals surface area contributed by atoms with Crippen LogP contribution in [0.25, 0.3) is 0 Å². The highest BCUT2D eigenvalue weighted by molar-refractivity contribution is 7.13. The Hall–Kier alpha value is -1.45. The second-order valence-electron chi connectivity index (χ2n) is 9.76. The minimum atomic E-state index is -2.84. The Morgan fingerprint density at radius 1 is 1.27 bits per heavy atom. The number of alkyl halides is 2. The van der Waals surface area contributed by atoms with Crippen LogP contribution in [0, 0.1) is 18.8 Å². The number of aromatic nitrogens is 2. The van der Waals surface area contributed by atoms with E-state index in [1.165, 1.54) is 47.0 Å². The second kappa shape index (κ2) is 10.9. The molecular formula is C24H33F2N3O2S2. The number of nitrogens with zero attached hydrogens (tertiary/aromatic N) is 3. The third-order valence-electron chi connectivity index (χ3n) is 6.62. The van der Waals surface area contributed by atoms with Gasteiger partial charge in [-0.1, -0.05) is 24.2 Å². The first kappa shape index (κ1) is 24.7. The molecule has 0 unspecified atom stereocenters. The largest absolute Gasteiger partial charge is 0.464 e. The van der Waals surface area contributed by atoms with Gasteiger partial charge in [0.1, 0.15) is 5.78 Å². The van der Waals surface area contributed by atoms with Crippen LogP contribution in [-0.4, -0.2) is 45.7 Å². The first-order valence-electron chi connectivity index (χ1n) is 11.9. The Balaban J connectivity index is 1.15. The maximum Gasteiger partial charge on any atom is 0.278 e. The van der Waals surface area contributed by atoms with E-state index in [2.05, 4.69) is 14.3 Å². The lowest BCUT2D eigenvalue weighted by Crippen LogP contribution is -2.32. The van der Waals surface area contributed by atoms with Crippen molar-refractivity contribution in [1.29, 1.82) is 0 Å². The normalized spacial score (nSPS) is 21.7. The summed E-state index contributed by atoms with van der Waals surface area (Å²) in [6.45, 7) is 5.00. The number of fused-ring (bicyclic) bond motifs is 1. The highest BCUT2D eigenvalue weighted by Gasteiger charge is 2.27. The smallest absolute Gasteiger partial charge is 0.278 e. The predicted octanol–water partition coefficient (Wildman–Crippen LogP) is 5.70. The van der Waals surface area contributed by atoms with Gasteiger partial charge in [-0.3, -0.25) is 9.69 Å². The Labute approximate surface area is 202 Å². The van der Waals surface area contributed by atoms with Gasteiger partial charge in [0.2, 0.25) is 0 Å². The second-order valence-corrected chi connectivity index (χ2v) is 11.7. The van der Waals surface area contributed by atoms with Crippen LogP contribution >= 0.6 is 22.9 Å². The molecule has 0 atom stereocenters. The first-order valence-corrected chi connectivity index (χ1v) is 13.5. The Morgan fingerprint density at radius 3 is 2.73 bits per heavy atom. The van der Waals surface area contributed by atoms with Crippen molar-refractivity contribution < 1.29 is 18.3 Å². The summed E-state index contributed by atoms with van der Waals surface area (Å²) in [7, 11) is 0. The van der Waals surface area contributed by atoms with Gasteiger partial charge in [-0.2, -0.15) is 4.37 Å². The summed E-state index contributed by atoms with van der Waals surface area (Å²) in [6, 6.07) is 2.02. The number of thiazole rings is 1. The lowest BCUT2D eigenvalue weighted by Gasteiger charge is -2.31. The Morgan fingerprint density at radius 2 is 2.03 bits per heavy atom. The lowest BCUT2D eigenvalue weighted by molar-refractivity contribution is -0.119. The molecule has 4 rings (SSSR count). The lowest BCUT2D eigenvalue weighted by atomic mass is 9.78. The van der Waals surface area contributed by atoms with Crippen molar-refractivity contribution >= 4 is 28.7 Å². The minimum absolute atomic E-state index is 0.348. The topological polar surface area (TPSA) is 55.3 Å². The van der Waals surface area contributed by atoms with E-state index in [1.54, 1.807) is 0 Å². The number of ketones is 1. The van der Waals surface area contributed by atoms with E-state index in [9.17, 15) is 13.6 Å². The van der Waals surface area contributed by atoms with E-state index in [-0.39, 0.29) is 0 Å². The monoisotopic (exact) mass is 497 g/mol. The molecule has 1 aliphatic carbocycles. The van der Waals surface area contributed by atoms with Gasteiger partial charge >= 0.3 is 0 Å². The average Bonchev–Trinajstić information content (AvgIpc) is 3.36. The fourth-order valence-corrected chi connectivity index (χ4v) is 6.52. The number of aryl methyl sites for hydroxylation is 1. The fraction of sp³-hybridized carbons (Fsp3) is 0.708. The number of hydrogen-bond acceptors (Lipinski definition) is 7. The number of rotatable bonds is 10. The molecule has 0 saturated heterocycles. The quantitative estimate of drug-likeness (QED) is 0.422. The molecule has 0 spiro atoms. The van der Waals surface area contributed by atoms with Crippen molar-refractivity contribution in [2.75, 3.05) is 19.7 Å². The number of halogens is 2. The average molecular weight is 498 g/mol. The highest BCUT2D eigenvalue weighted by atomic mass is 32.1. The van der Waals surface area contributed by atoms with E-state index in [4.69, 9.17) is 4.74 Å². The molecule has 2 aliphatic rings. The summed E-state index contributed by atoms with van der Waals surface area (Å²) in [4.78, 5) is 21.5. The van der Waals surface area contributed by atoms with E-state index in [0.29, 0.717) is 29.7 Å². The Kier molecular flexibility index (Phi) is 8.12. The van der Waals surface area contributed by atoms with Crippen molar-refractivity contribution in [3.8, 4) is 5.19 Å². The molecule has 182 valence electrons. The summed E-state index contributed by atoms with van der Waals surface area (Å²) in [5.41, 5.74) is 1.98. The van der Waals surface area contributed by atoms with Crippen LogP contribution in [-0.2, 0) is 24.2 Å². The summed E-state index contributed by atoms with van der Waals surface area (Å²) < 4.78 is 35.5. The van der Waals surface area contributed by atoms with E-state index in [0.717, 1.165) is 68.0 Å². The van der Waals surface area contributed by atoms with Crippen LogP contribution in [0.2, 0.25) is 0 Å². The third kappa shape index (κ3) is 7.52. The van der Waals surface area contributed by atoms with E-state index < -0.39 is 12.5 Å². The number of Topliss-reactive ketones (excluding diaryl/α,β-unsaturated/α-hetero) is 1. The van der Waals surface area contributed by atoms with E-state index >= 15 is 0 Å². The van der Waals surface area contributed by atoms with Crippen LogP contribution in [0.3, 0.4) is 0 Å². The van der Waals surface area contributed by atoms with Gasteiger partial charge in [-0.15, -0.1) is 0 Å². The molecule has 9 heteroatoms. The molecule has 0 aromatic carbocycles. The van der Waals surface area contributed by atoms with Crippen molar-refractivity contribution in [1.82, 2.24) is 14.3 Å². The maximum atomic E-state index is 13.0. The molecule has 1 saturated carbocycles. The van der Waals surface area contributed by atoms with Gasteiger partial charge in [0.15, 0.2) is 6.61 Å². The maximum absolute atomic E-state index is 13.0. The number of hydrogen-bond donors (Lipinski definition) is 0. The fourth-order valence-electron chi connectivity index (χ4n) is 4.85. The molecule has 3 heterocycles. The number of carbonyl (C=O) groups excluding carboxylic acids is 1. The molecular weight excluding hydrogens is 464 g/mol. The predicted molar refractivity (Wildman–Crippen MR) is 127 cm³/mol. The van der Waals surface area contributed by atoms with Crippen LogP contribution < -0.4 is 4.74 Å². The molecule has 0 amide bonds. The zero-order valence-electron chi connectivity index (χ0n) is 19.4. The van der Waals surface area contributed by atoms with Gasteiger partial charge in [0.25, 0.3) is 11.1 Å². The third-order valence-corrected chi connectivity index (χ3v) is 8.57. The molecule has 33 heavy (non-hydrogen) atoms. The van der Waals surface area contributed by atoms with Crippen molar-refractivity contribution in [3.63, 3.8) is 0 Å². The van der Waals surface area contributed by atoms with Crippen molar-refractivity contribution in [2.24, 2.45) is 11.8 Å². The van der Waals surface area contributed by atoms with Gasteiger partial charge in [-0.05, 0) is 68.6 Å². The molecule has 0 radical (unpaired) electrons. The van der Waals surface area contributed by atoms with Crippen LogP contribution in [0.1, 0.15) is 66.6 Å². The molecule has 2 aromatic heterocycles. The zero-order chi connectivity index (χ0) is 23.4. The first-order chi connectivity index (χ1) is 15.7. The molecule has 0 N–H and O–H groups in total. The molecule has 0 bridgehead atoms. The summed E-state index contributed by atoms with van der Waals surface area (Å²) in [6.07, 6.45) is 8.03.